The van der Waals surface area contributed by atoms with Crippen LogP contribution in [0.3, 0.4) is 0 Å². The molecule has 51 heavy (non-hydrogen) atoms. The summed E-state index contributed by atoms with van der Waals surface area (Å²) in [7, 11) is 0. The van der Waals surface area contributed by atoms with E-state index in [1.807, 2.05) is 0 Å². The quantitative estimate of drug-likeness (QED) is 0.0288. The molecule has 1 aliphatic rings. The number of carbonyl (C=O) groups excluding carboxylic acids is 1. The van der Waals surface area contributed by atoms with Crippen molar-refractivity contribution in [2.45, 2.75) is 211 Å². The Kier molecular flexibility index (Phi) is 32.2. The maximum Gasteiger partial charge on any atom is 0.306 e. The summed E-state index contributed by atoms with van der Waals surface area (Å²) in [5, 5.41) is 40.0. The first-order valence-electron chi connectivity index (χ1n) is 20.9. The lowest BCUT2D eigenvalue weighted by Gasteiger charge is -2.39. The number of aliphatic hydroxyl groups is 4. The first-order valence-corrected chi connectivity index (χ1v) is 20.9. The van der Waals surface area contributed by atoms with E-state index in [4.69, 9.17) is 18.9 Å². The molecule has 0 spiro atoms. The summed E-state index contributed by atoms with van der Waals surface area (Å²) in [6, 6.07) is 0. The van der Waals surface area contributed by atoms with E-state index in [2.05, 4.69) is 38.2 Å². The van der Waals surface area contributed by atoms with Crippen molar-refractivity contribution in [1.29, 1.82) is 0 Å². The molecule has 1 fully saturated rings. The van der Waals surface area contributed by atoms with Gasteiger partial charge in [0.25, 0.3) is 0 Å². The average molecular weight is 727 g/mol. The summed E-state index contributed by atoms with van der Waals surface area (Å²) < 4.78 is 22.7. The molecule has 1 aliphatic heterocycles. The van der Waals surface area contributed by atoms with Gasteiger partial charge in [-0.15, -0.1) is 0 Å². The molecular weight excluding hydrogens is 648 g/mol. The van der Waals surface area contributed by atoms with E-state index < -0.39 is 43.4 Å². The van der Waals surface area contributed by atoms with Gasteiger partial charge < -0.3 is 39.4 Å². The summed E-state index contributed by atoms with van der Waals surface area (Å²) in [4.78, 5) is 12.7. The van der Waals surface area contributed by atoms with Gasteiger partial charge in [-0.2, -0.15) is 0 Å². The molecule has 0 aromatic heterocycles. The first kappa shape index (κ1) is 47.7. The zero-order valence-corrected chi connectivity index (χ0v) is 32.6. The number of rotatable bonds is 35. The Labute approximate surface area is 311 Å². The first-order chi connectivity index (χ1) is 24.9. The molecule has 9 nitrogen and oxygen atoms in total. The van der Waals surface area contributed by atoms with Crippen molar-refractivity contribution in [2.75, 3.05) is 26.4 Å². The van der Waals surface area contributed by atoms with Crippen molar-refractivity contribution < 1.29 is 44.2 Å². The van der Waals surface area contributed by atoms with E-state index in [0.29, 0.717) is 13.0 Å². The Morgan fingerprint density at radius 2 is 1.16 bits per heavy atom. The van der Waals surface area contributed by atoms with Crippen LogP contribution in [-0.2, 0) is 23.7 Å². The van der Waals surface area contributed by atoms with E-state index in [-0.39, 0.29) is 19.2 Å². The van der Waals surface area contributed by atoms with E-state index in [0.717, 1.165) is 51.4 Å². The van der Waals surface area contributed by atoms with E-state index in [1.54, 1.807) is 0 Å². The second-order valence-electron chi connectivity index (χ2n) is 14.4. The average Bonchev–Trinajstić information content (AvgIpc) is 3.13. The van der Waals surface area contributed by atoms with E-state index in [9.17, 15) is 25.2 Å². The lowest BCUT2D eigenvalue weighted by molar-refractivity contribution is -0.305. The highest BCUT2D eigenvalue weighted by Crippen LogP contribution is 2.22. The minimum Gasteiger partial charge on any atom is -0.457 e. The number of allylic oxidation sites excluding steroid dienone is 4. The molecular formula is C42H78O9. The van der Waals surface area contributed by atoms with Crippen molar-refractivity contribution in [3.05, 3.63) is 24.3 Å². The van der Waals surface area contributed by atoms with Crippen LogP contribution in [0.2, 0.25) is 0 Å². The Morgan fingerprint density at radius 1 is 0.627 bits per heavy atom. The monoisotopic (exact) mass is 727 g/mol. The molecule has 4 N–H and O–H groups in total. The number of ether oxygens (including phenoxy) is 4. The SMILES string of the molecule is CCCC/C=C\C/C=C\CCCCCCCCOCC(COC1OC(CO)C(O)C(O)C1O)OC(=O)CCCCCCCCCCCCCCC. The van der Waals surface area contributed by atoms with Crippen LogP contribution in [-0.4, -0.2) is 89.6 Å². The van der Waals surface area contributed by atoms with Crippen LogP contribution in [0, 0.1) is 0 Å². The highest BCUT2D eigenvalue weighted by molar-refractivity contribution is 5.69. The zero-order chi connectivity index (χ0) is 37.2. The second kappa shape index (κ2) is 34.4. The van der Waals surface area contributed by atoms with Crippen molar-refractivity contribution in [3.63, 3.8) is 0 Å². The summed E-state index contributed by atoms with van der Waals surface area (Å²) >= 11 is 0. The molecule has 0 aromatic carbocycles. The maximum absolute atomic E-state index is 12.7. The van der Waals surface area contributed by atoms with Crippen molar-refractivity contribution >= 4 is 5.97 Å². The fourth-order valence-corrected chi connectivity index (χ4v) is 6.27. The Bertz CT molecular complexity index is 833. The van der Waals surface area contributed by atoms with Crippen molar-refractivity contribution in [1.82, 2.24) is 0 Å². The molecule has 300 valence electrons. The molecule has 0 aromatic rings. The van der Waals surface area contributed by atoms with Crippen LogP contribution in [0.4, 0.5) is 0 Å². The smallest absolute Gasteiger partial charge is 0.306 e. The highest BCUT2D eigenvalue weighted by atomic mass is 16.7. The summed E-state index contributed by atoms with van der Waals surface area (Å²) in [6.45, 7) is 4.50. The van der Waals surface area contributed by atoms with Crippen LogP contribution in [0.25, 0.3) is 0 Å². The third kappa shape index (κ3) is 26.1. The largest absolute Gasteiger partial charge is 0.457 e. The Balaban J connectivity index is 2.30. The number of carbonyl (C=O) groups is 1. The minimum atomic E-state index is -1.53. The van der Waals surface area contributed by atoms with Crippen LogP contribution in [0.1, 0.15) is 174 Å². The Hall–Kier alpha value is -1.33. The molecule has 1 rings (SSSR count). The lowest BCUT2D eigenvalue weighted by atomic mass is 9.99. The van der Waals surface area contributed by atoms with E-state index >= 15 is 0 Å². The van der Waals surface area contributed by atoms with Crippen molar-refractivity contribution in [2.24, 2.45) is 0 Å². The molecule has 6 atom stereocenters. The second-order valence-corrected chi connectivity index (χ2v) is 14.4. The van der Waals surface area contributed by atoms with E-state index in [1.165, 1.54) is 103 Å². The number of hydrogen-bond acceptors (Lipinski definition) is 9. The fourth-order valence-electron chi connectivity index (χ4n) is 6.27. The van der Waals surface area contributed by atoms with Crippen LogP contribution < -0.4 is 0 Å². The zero-order valence-electron chi connectivity index (χ0n) is 32.6. The lowest BCUT2D eigenvalue weighted by Crippen LogP contribution is -2.59. The Morgan fingerprint density at radius 3 is 1.75 bits per heavy atom. The topological polar surface area (TPSA) is 135 Å². The normalized spacial score (nSPS) is 21.6. The molecule has 0 radical (unpaired) electrons. The molecule has 1 saturated heterocycles. The van der Waals surface area contributed by atoms with Gasteiger partial charge in [-0.1, -0.05) is 154 Å². The highest BCUT2D eigenvalue weighted by Gasteiger charge is 2.44. The molecule has 1 heterocycles. The third-order valence-corrected chi connectivity index (χ3v) is 9.62. The van der Waals surface area contributed by atoms with Gasteiger partial charge in [0.05, 0.1) is 19.8 Å². The minimum absolute atomic E-state index is 0.114. The van der Waals surface area contributed by atoms with Gasteiger partial charge in [-0.25, -0.2) is 0 Å². The van der Waals surface area contributed by atoms with Gasteiger partial charge in [-0.3, -0.25) is 4.79 Å². The van der Waals surface area contributed by atoms with Gasteiger partial charge in [0.2, 0.25) is 0 Å². The third-order valence-electron chi connectivity index (χ3n) is 9.62. The predicted octanol–water partition coefficient (Wildman–Crippen LogP) is 8.64. The van der Waals surface area contributed by atoms with Crippen LogP contribution in [0.15, 0.2) is 24.3 Å². The number of hydrogen-bond donors (Lipinski definition) is 4. The standard InChI is InChI=1S/C42H78O9/c1-3-5-7-9-11-13-15-17-18-20-22-24-26-28-30-32-48-34-36(35-49-42-41(47)40(46)39(45)37(33-43)51-42)50-38(44)31-29-27-25-23-21-19-16-14-12-10-8-6-4-2/h9,11,15,17,36-37,39-43,45-47H,3-8,10,12-14,16,18-35H2,1-2H3/b11-9-,17-15-. The molecule has 0 aliphatic carbocycles. The number of aliphatic hydroxyl groups excluding tert-OH is 4. The summed E-state index contributed by atoms with van der Waals surface area (Å²) in [5.74, 6) is -0.317. The van der Waals surface area contributed by atoms with Crippen molar-refractivity contribution in [3.8, 4) is 0 Å². The van der Waals surface area contributed by atoms with Gasteiger partial charge in [0.15, 0.2) is 6.29 Å². The molecule has 0 bridgehead atoms. The molecule has 0 amide bonds. The molecule has 6 unspecified atom stereocenters. The van der Waals surface area contributed by atoms with Gasteiger partial charge >= 0.3 is 5.97 Å². The fraction of sp³-hybridized carbons (Fsp3) is 0.881. The van der Waals surface area contributed by atoms with Gasteiger partial charge in [0.1, 0.15) is 30.5 Å². The van der Waals surface area contributed by atoms with Gasteiger partial charge in [-0.05, 0) is 38.5 Å². The number of unbranched alkanes of at least 4 members (excludes halogenated alkanes) is 20. The predicted molar refractivity (Wildman–Crippen MR) is 205 cm³/mol. The number of esters is 1. The maximum atomic E-state index is 12.7. The summed E-state index contributed by atoms with van der Waals surface area (Å²) in [6.07, 6.45) is 30.5. The molecule has 0 saturated carbocycles. The van der Waals surface area contributed by atoms with Crippen LogP contribution in [0.5, 0.6) is 0 Å². The molecule has 9 heteroatoms. The van der Waals surface area contributed by atoms with Crippen LogP contribution >= 0.6 is 0 Å². The summed E-state index contributed by atoms with van der Waals surface area (Å²) in [5.41, 5.74) is 0. The van der Waals surface area contributed by atoms with Gasteiger partial charge in [0, 0.05) is 13.0 Å².